The van der Waals surface area contributed by atoms with Gasteiger partial charge in [-0.2, -0.15) is 0 Å². The zero-order valence-corrected chi connectivity index (χ0v) is 28.5. The number of ketones is 1. The fourth-order valence-corrected chi connectivity index (χ4v) is 7.16. The van der Waals surface area contributed by atoms with Crippen LogP contribution >= 0.6 is 22.7 Å². The van der Waals surface area contributed by atoms with Crippen molar-refractivity contribution in [1.82, 2.24) is 21.3 Å². The number of nitrogens with two attached hydrogens (primary N) is 1. The number of carbonyl (C=O) groups excluding carboxylic acids is 5. The number of unbranched alkanes of at least 4 members (excludes halogenated alkanes) is 3. The molecule has 10 nitrogen and oxygen atoms in total. The van der Waals surface area contributed by atoms with Crippen LogP contribution in [0.5, 0.6) is 0 Å². The summed E-state index contributed by atoms with van der Waals surface area (Å²) in [6.07, 6.45) is 4.26. The maximum Gasteiger partial charge on any atom is 0.262 e. The second-order valence-electron chi connectivity index (χ2n) is 11.9. The average Bonchev–Trinajstić information content (AvgIpc) is 3.70. The Balaban J connectivity index is 1.34. The van der Waals surface area contributed by atoms with E-state index in [1.165, 1.54) is 29.6 Å². The van der Waals surface area contributed by atoms with Crippen LogP contribution in [0.4, 0.5) is 0 Å². The van der Waals surface area contributed by atoms with Crippen LogP contribution in [-0.2, 0) is 14.4 Å². The third-order valence-corrected chi connectivity index (χ3v) is 10.1. The van der Waals surface area contributed by atoms with E-state index in [9.17, 15) is 24.0 Å². The SMILES string of the molecule is CC(=O)CNC(=O)C(C)(CCCCNC(=O)C(CCCCCN)NC(=O)c1cc2ccccc2s1)NC(=O)c1cc2ccccc2s1. The molecule has 0 radical (unpaired) electrons. The highest BCUT2D eigenvalue weighted by Gasteiger charge is 2.35. The van der Waals surface area contributed by atoms with Crippen LogP contribution in [0.2, 0.25) is 0 Å². The fraction of sp³-hybridized carbons (Fsp3) is 0.400. The van der Waals surface area contributed by atoms with E-state index >= 15 is 0 Å². The Hall–Kier alpha value is -4.13. The van der Waals surface area contributed by atoms with Gasteiger partial charge in [-0.05, 0) is 87.5 Å². The molecule has 250 valence electrons. The van der Waals surface area contributed by atoms with Crippen molar-refractivity contribution in [2.24, 2.45) is 5.73 Å². The van der Waals surface area contributed by atoms with Gasteiger partial charge < -0.3 is 27.0 Å². The molecule has 6 N–H and O–H groups in total. The van der Waals surface area contributed by atoms with Gasteiger partial charge in [-0.1, -0.05) is 49.2 Å². The maximum absolute atomic E-state index is 13.2. The van der Waals surface area contributed by atoms with Crippen molar-refractivity contribution in [2.45, 2.75) is 70.4 Å². The lowest BCUT2D eigenvalue weighted by atomic mass is 9.93. The monoisotopic (exact) mass is 677 g/mol. The van der Waals surface area contributed by atoms with Gasteiger partial charge >= 0.3 is 0 Å². The number of benzene rings is 2. The zero-order valence-electron chi connectivity index (χ0n) is 26.9. The van der Waals surface area contributed by atoms with Crippen LogP contribution in [0.3, 0.4) is 0 Å². The van der Waals surface area contributed by atoms with E-state index in [1.54, 1.807) is 13.0 Å². The zero-order chi connectivity index (χ0) is 33.8. The van der Waals surface area contributed by atoms with Crippen LogP contribution in [0.15, 0.2) is 60.7 Å². The molecule has 4 amide bonds. The van der Waals surface area contributed by atoms with Crippen molar-refractivity contribution in [1.29, 1.82) is 0 Å². The van der Waals surface area contributed by atoms with E-state index in [2.05, 4.69) is 21.3 Å². The fourth-order valence-electron chi connectivity index (χ4n) is 5.24. The van der Waals surface area contributed by atoms with Crippen molar-refractivity contribution in [3.63, 3.8) is 0 Å². The number of nitrogens with one attached hydrogen (secondary N) is 4. The number of carbonyl (C=O) groups is 5. The van der Waals surface area contributed by atoms with E-state index in [-0.39, 0.29) is 36.5 Å². The standard InChI is InChI=1S/C35H43N5O5S2/c1-23(41)22-38-34(45)35(2,40-33(44)30-21-25-13-6-8-16-28(25)47-30)17-9-11-19-37-31(42)26(14-4-3-10-18-36)39-32(43)29-20-24-12-5-7-15-27(24)46-29/h5-8,12-13,15-16,20-21,26H,3-4,9-11,14,17-19,22,36H2,1-2H3,(H,37,42)(H,38,45)(H,39,43)(H,40,44). The van der Waals surface area contributed by atoms with Gasteiger partial charge in [0.15, 0.2) is 0 Å². The van der Waals surface area contributed by atoms with Gasteiger partial charge in [-0.15, -0.1) is 22.7 Å². The molecule has 4 aromatic rings. The average molecular weight is 678 g/mol. The summed E-state index contributed by atoms with van der Waals surface area (Å²) in [6, 6.07) is 18.4. The summed E-state index contributed by atoms with van der Waals surface area (Å²) in [6.45, 7) is 3.79. The first-order valence-corrected chi connectivity index (χ1v) is 17.6. The van der Waals surface area contributed by atoms with Crippen molar-refractivity contribution in [2.75, 3.05) is 19.6 Å². The molecule has 12 heteroatoms. The van der Waals surface area contributed by atoms with E-state index in [1.807, 2.05) is 54.6 Å². The van der Waals surface area contributed by atoms with Crippen LogP contribution in [0, 0.1) is 0 Å². The summed E-state index contributed by atoms with van der Waals surface area (Å²) >= 11 is 2.73. The van der Waals surface area contributed by atoms with Gasteiger partial charge in [0.2, 0.25) is 11.8 Å². The minimum atomic E-state index is -1.28. The molecule has 2 atom stereocenters. The molecule has 2 heterocycles. The number of thiophene rings is 2. The smallest absolute Gasteiger partial charge is 0.262 e. The Labute approximate surface area is 282 Å². The minimum absolute atomic E-state index is 0.136. The Bertz CT molecular complexity index is 1650. The molecule has 47 heavy (non-hydrogen) atoms. The number of hydrogen-bond donors (Lipinski definition) is 5. The molecule has 2 aromatic heterocycles. The molecule has 0 saturated carbocycles. The number of hydrogen-bond acceptors (Lipinski definition) is 8. The highest BCUT2D eigenvalue weighted by Crippen LogP contribution is 2.27. The van der Waals surface area contributed by atoms with Crippen LogP contribution < -0.4 is 27.0 Å². The van der Waals surface area contributed by atoms with Crippen LogP contribution in [0.25, 0.3) is 20.2 Å². The predicted octanol–water partition coefficient (Wildman–Crippen LogP) is 4.91. The predicted molar refractivity (Wildman–Crippen MR) is 189 cm³/mol. The lowest BCUT2D eigenvalue weighted by Gasteiger charge is -2.29. The number of amides is 4. The van der Waals surface area contributed by atoms with Crippen molar-refractivity contribution < 1.29 is 24.0 Å². The molecular formula is C35H43N5O5S2. The maximum atomic E-state index is 13.2. The molecule has 0 aliphatic heterocycles. The Kier molecular flexibility index (Phi) is 13.0. The van der Waals surface area contributed by atoms with Crippen LogP contribution in [-0.4, -0.2) is 60.6 Å². The lowest BCUT2D eigenvalue weighted by Crippen LogP contribution is -2.57. The molecule has 0 spiro atoms. The number of Topliss-reactive ketones (excluding diaryl/α,β-unsaturated/α-hetero) is 1. The third kappa shape index (κ3) is 10.2. The lowest BCUT2D eigenvalue weighted by molar-refractivity contribution is -0.129. The first-order valence-electron chi connectivity index (χ1n) is 16.0. The van der Waals surface area contributed by atoms with E-state index < -0.39 is 17.5 Å². The second-order valence-corrected chi connectivity index (χ2v) is 14.0. The molecule has 4 rings (SSSR count). The van der Waals surface area contributed by atoms with E-state index in [0.29, 0.717) is 42.1 Å². The Morgan fingerprint density at radius 2 is 1.40 bits per heavy atom. The minimum Gasteiger partial charge on any atom is -0.354 e. The highest BCUT2D eigenvalue weighted by molar-refractivity contribution is 7.21. The summed E-state index contributed by atoms with van der Waals surface area (Å²) in [5.74, 6) is -1.57. The number of fused-ring (bicyclic) bond motifs is 2. The summed E-state index contributed by atoms with van der Waals surface area (Å²) in [5.41, 5.74) is 4.35. The quantitative estimate of drug-likeness (QED) is 0.0941. The van der Waals surface area contributed by atoms with Crippen molar-refractivity contribution in [3.05, 3.63) is 70.4 Å². The van der Waals surface area contributed by atoms with Gasteiger partial charge in [-0.25, -0.2) is 0 Å². The highest BCUT2D eigenvalue weighted by atomic mass is 32.1. The van der Waals surface area contributed by atoms with E-state index in [0.717, 1.165) is 39.4 Å². The summed E-state index contributed by atoms with van der Waals surface area (Å²) in [7, 11) is 0. The molecule has 0 bridgehead atoms. The Morgan fingerprint density at radius 3 is 2.00 bits per heavy atom. The van der Waals surface area contributed by atoms with Gasteiger partial charge in [0.25, 0.3) is 11.8 Å². The molecule has 0 saturated heterocycles. The molecule has 0 fully saturated rings. The molecular weight excluding hydrogens is 635 g/mol. The third-order valence-electron chi connectivity index (χ3n) is 7.91. The largest absolute Gasteiger partial charge is 0.354 e. The van der Waals surface area contributed by atoms with Gasteiger partial charge in [-0.3, -0.25) is 24.0 Å². The second kappa shape index (κ2) is 17.1. The van der Waals surface area contributed by atoms with Gasteiger partial charge in [0.05, 0.1) is 16.3 Å². The van der Waals surface area contributed by atoms with Gasteiger partial charge in [0.1, 0.15) is 17.4 Å². The van der Waals surface area contributed by atoms with Gasteiger partial charge in [0, 0.05) is 15.9 Å². The van der Waals surface area contributed by atoms with Crippen LogP contribution in [0.1, 0.15) is 78.1 Å². The van der Waals surface area contributed by atoms with Crippen molar-refractivity contribution in [3.8, 4) is 0 Å². The Morgan fingerprint density at radius 1 is 0.787 bits per heavy atom. The molecule has 0 aliphatic carbocycles. The molecule has 2 aromatic carbocycles. The first kappa shape index (κ1) is 35.7. The molecule has 2 unspecified atom stereocenters. The topological polar surface area (TPSA) is 159 Å². The first-order chi connectivity index (χ1) is 22.6. The summed E-state index contributed by atoms with van der Waals surface area (Å²) in [5, 5.41) is 13.3. The molecule has 0 aliphatic rings. The van der Waals surface area contributed by atoms with E-state index in [4.69, 9.17) is 5.73 Å². The van der Waals surface area contributed by atoms with Crippen molar-refractivity contribution >= 4 is 72.3 Å². The normalized spacial score (nSPS) is 13.1. The summed E-state index contributed by atoms with van der Waals surface area (Å²) in [4.78, 5) is 65.4. The number of rotatable bonds is 18. The summed E-state index contributed by atoms with van der Waals surface area (Å²) < 4.78 is 1.97.